The third kappa shape index (κ3) is 1.25. The molecule has 0 unspecified atom stereocenters. The van der Waals surface area contributed by atoms with Crippen LogP contribution in [-0.4, -0.2) is 11.7 Å². The van der Waals surface area contributed by atoms with Gasteiger partial charge >= 0.3 is 0 Å². The van der Waals surface area contributed by atoms with E-state index in [1.54, 1.807) is 6.08 Å². The highest BCUT2D eigenvalue weighted by molar-refractivity contribution is 5.62. The van der Waals surface area contributed by atoms with Crippen molar-refractivity contribution in [2.45, 2.75) is 0 Å². The van der Waals surface area contributed by atoms with Gasteiger partial charge in [-0.05, 0) is 17.7 Å². The van der Waals surface area contributed by atoms with Crippen molar-refractivity contribution in [3.63, 3.8) is 0 Å². The molecule has 1 aliphatic heterocycles. The second kappa shape index (κ2) is 2.40. The fraction of sp³-hybridized carbons (Fsp3) is 0.111. The minimum absolute atomic E-state index is 0.0813. The zero-order chi connectivity index (χ0) is 7.68. The first-order valence-electron chi connectivity index (χ1n) is 3.49. The van der Waals surface area contributed by atoms with E-state index < -0.39 is 0 Å². The van der Waals surface area contributed by atoms with Crippen molar-refractivity contribution in [1.29, 1.82) is 0 Å². The zero-order valence-electron chi connectivity index (χ0n) is 5.95. The molecule has 0 saturated carbocycles. The molecule has 0 atom stereocenters. The molecule has 2 nitrogen and oxygen atoms in total. The molecule has 11 heavy (non-hydrogen) atoms. The van der Waals surface area contributed by atoms with Crippen LogP contribution in [-0.2, 0) is 0 Å². The Morgan fingerprint density at radius 1 is 1.36 bits per heavy atom. The largest absolute Gasteiger partial charge is 0.449 e. The van der Waals surface area contributed by atoms with Crippen molar-refractivity contribution in [3.8, 4) is 11.5 Å². The molecular weight excluding hydrogens is 140 g/mol. The third-order valence-corrected chi connectivity index (χ3v) is 1.56. The highest BCUT2D eigenvalue weighted by atomic mass is 16.6. The van der Waals surface area contributed by atoms with Gasteiger partial charge in [0.15, 0.2) is 11.5 Å². The van der Waals surface area contributed by atoms with Crippen LogP contribution in [0.4, 0.5) is 0 Å². The van der Waals surface area contributed by atoms with Crippen molar-refractivity contribution in [3.05, 3.63) is 29.8 Å². The van der Waals surface area contributed by atoms with Crippen LogP contribution in [0.3, 0.4) is 0 Å². The van der Waals surface area contributed by atoms with Crippen molar-refractivity contribution in [2.75, 3.05) is 6.61 Å². The van der Waals surface area contributed by atoms with Crippen molar-refractivity contribution in [2.24, 2.45) is 0 Å². The maximum Gasteiger partial charge on any atom is 0.170 e. The summed E-state index contributed by atoms with van der Waals surface area (Å²) >= 11 is 0. The average Bonchev–Trinajstić information content (AvgIpc) is 2.78. The lowest BCUT2D eigenvalue weighted by atomic mass is 10.2. The number of hydrogen-bond acceptors (Lipinski definition) is 2. The van der Waals surface area contributed by atoms with Crippen LogP contribution in [0.25, 0.3) is 6.08 Å². The molecule has 0 bridgehead atoms. The molecule has 0 aromatic heterocycles. The van der Waals surface area contributed by atoms with E-state index in [0.717, 1.165) is 17.1 Å². The molecule has 0 spiro atoms. The molecule has 0 aliphatic carbocycles. The molecule has 0 radical (unpaired) electrons. The molecule has 2 heteroatoms. The Balaban J connectivity index is 2.21. The summed E-state index contributed by atoms with van der Waals surface area (Å²) < 4.78 is 5.06. The van der Waals surface area contributed by atoms with Crippen molar-refractivity contribution >= 4 is 6.08 Å². The van der Waals surface area contributed by atoms with Gasteiger partial charge in [-0.25, -0.2) is 0 Å². The summed E-state index contributed by atoms with van der Waals surface area (Å²) in [7, 11) is 0. The van der Waals surface area contributed by atoms with Gasteiger partial charge in [-0.15, -0.1) is 0 Å². The van der Waals surface area contributed by atoms with E-state index in [1.807, 2.05) is 24.3 Å². The van der Waals surface area contributed by atoms with Gasteiger partial charge in [0.25, 0.3) is 0 Å². The lowest BCUT2D eigenvalue weighted by molar-refractivity contribution is 0.343. The predicted molar refractivity (Wildman–Crippen MR) is 42.6 cm³/mol. The Hall–Kier alpha value is -1.28. The highest BCUT2D eigenvalue weighted by Gasteiger charge is 2.18. The topological polar surface area (TPSA) is 32.8 Å². The first-order chi connectivity index (χ1) is 5.40. The average molecular weight is 148 g/mol. The molecule has 1 heterocycles. The Kier molecular flexibility index (Phi) is 1.40. The van der Waals surface area contributed by atoms with Crippen molar-refractivity contribution in [1.82, 2.24) is 0 Å². The first kappa shape index (κ1) is 6.43. The van der Waals surface area contributed by atoms with Gasteiger partial charge in [-0.1, -0.05) is 18.2 Å². The van der Waals surface area contributed by atoms with Gasteiger partial charge in [0, 0.05) is 0 Å². The minimum atomic E-state index is 0.0813. The van der Waals surface area contributed by atoms with Crippen LogP contribution < -0.4 is 4.74 Å². The second-order valence-corrected chi connectivity index (χ2v) is 2.39. The summed E-state index contributed by atoms with van der Waals surface area (Å²) in [5.74, 6) is 1.91. The van der Waals surface area contributed by atoms with Crippen LogP contribution in [0.15, 0.2) is 24.3 Å². The maximum absolute atomic E-state index is 8.49. The molecule has 1 N–H and O–H groups in total. The number of rotatable bonds is 2. The van der Waals surface area contributed by atoms with Gasteiger partial charge in [0.1, 0.15) is 0 Å². The fourth-order valence-electron chi connectivity index (χ4n) is 0.974. The number of ether oxygens (including phenoxy) is 1. The SMILES string of the molecule is OCC=Cc1ccc2c(c1)O2. The van der Waals surface area contributed by atoms with Crippen LogP contribution in [0.1, 0.15) is 5.56 Å². The standard InChI is InChI=1S/C9H8O2/c10-5-1-2-7-3-4-8-9(6-7)11-8/h1-4,6,10H,5H2. The number of benzene rings is 1. The fourth-order valence-corrected chi connectivity index (χ4v) is 0.974. The summed E-state index contributed by atoms with van der Waals surface area (Å²) in [6, 6.07) is 5.83. The highest BCUT2D eigenvalue weighted by Crippen LogP contribution is 2.45. The lowest BCUT2D eigenvalue weighted by Gasteiger charge is -1.85. The van der Waals surface area contributed by atoms with Crippen molar-refractivity contribution < 1.29 is 9.84 Å². The minimum Gasteiger partial charge on any atom is -0.449 e. The Morgan fingerprint density at radius 3 is 3.00 bits per heavy atom. The van der Waals surface area contributed by atoms with Gasteiger partial charge in [-0.3, -0.25) is 0 Å². The summed E-state index contributed by atoms with van der Waals surface area (Å²) in [5, 5.41) is 8.49. The molecule has 1 aliphatic rings. The van der Waals surface area contributed by atoms with E-state index in [-0.39, 0.29) is 6.61 Å². The first-order valence-corrected chi connectivity index (χ1v) is 3.49. The quantitative estimate of drug-likeness (QED) is 0.658. The van der Waals surface area contributed by atoms with E-state index in [0.29, 0.717) is 0 Å². The summed E-state index contributed by atoms with van der Waals surface area (Å²) in [5.41, 5.74) is 1.07. The molecule has 0 fully saturated rings. The van der Waals surface area contributed by atoms with E-state index >= 15 is 0 Å². The Morgan fingerprint density at radius 2 is 2.27 bits per heavy atom. The zero-order valence-corrected chi connectivity index (χ0v) is 5.95. The molecular formula is C9H8O2. The Labute approximate surface area is 64.7 Å². The molecule has 2 rings (SSSR count). The van der Waals surface area contributed by atoms with Gasteiger partial charge in [0.2, 0.25) is 0 Å². The molecule has 1 aromatic rings. The normalized spacial score (nSPS) is 12.8. The van der Waals surface area contributed by atoms with E-state index in [2.05, 4.69) is 0 Å². The van der Waals surface area contributed by atoms with Crippen LogP contribution in [0.5, 0.6) is 11.5 Å². The molecule has 0 saturated heterocycles. The second-order valence-electron chi connectivity index (χ2n) is 2.39. The van der Waals surface area contributed by atoms with E-state index in [4.69, 9.17) is 9.84 Å². The van der Waals surface area contributed by atoms with Gasteiger partial charge in [-0.2, -0.15) is 0 Å². The van der Waals surface area contributed by atoms with Gasteiger partial charge < -0.3 is 9.84 Å². The number of hydrogen-bond donors (Lipinski definition) is 1. The van der Waals surface area contributed by atoms with Crippen LogP contribution in [0, 0.1) is 0 Å². The smallest absolute Gasteiger partial charge is 0.170 e. The third-order valence-electron chi connectivity index (χ3n) is 1.56. The van der Waals surface area contributed by atoms with Crippen LogP contribution >= 0.6 is 0 Å². The predicted octanol–water partition coefficient (Wildman–Crippen LogP) is 1.80. The number of fused-ring (bicyclic) bond motifs is 1. The lowest BCUT2D eigenvalue weighted by Crippen LogP contribution is -1.70. The van der Waals surface area contributed by atoms with Crippen LogP contribution in [0.2, 0.25) is 0 Å². The summed E-state index contributed by atoms with van der Waals surface area (Å²) in [4.78, 5) is 0. The van der Waals surface area contributed by atoms with E-state index in [1.165, 1.54) is 0 Å². The maximum atomic E-state index is 8.49. The van der Waals surface area contributed by atoms with E-state index in [9.17, 15) is 0 Å². The molecule has 56 valence electrons. The summed E-state index contributed by atoms with van der Waals surface area (Å²) in [6.07, 6.45) is 3.56. The summed E-state index contributed by atoms with van der Waals surface area (Å²) in [6.45, 7) is 0.0813. The number of aliphatic hydroxyl groups excluding tert-OH is 1. The van der Waals surface area contributed by atoms with Gasteiger partial charge in [0.05, 0.1) is 6.61 Å². The Bertz CT molecular complexity index is 302. The monoisotopic (exact) mass is 148 g/mol. The number of aliphatic hydroxyl groups is 1. The molecule has 0 amide bonds. The molecule has 1 aromatic carbocycles.